The Labute approximate surface area is 107 Å². The maximum Gasteiger partial charge on any atom is 0.117 e. The molecule has 0 aliphatic rings. The number of halogens is 3. The summed E-state index contributed by atoms with van der Waals surface area (Å²) in [6.45, 7) is -0.559. The van der Waals surface area contributed by atoms with Crippen LogP contribution in [0.4, 0.5) is 4.39 Å². The van der Waals surface area contributed by atoms with Gasteiger partial charge in [0, 0.05) is 15.1 Å². The van der Waals surface area contributed by atoms with Crippen LogP contribution in [0.15, 0.2) is 46.9 Å². The fourth-order valence-corrected chi connectivity index (χ4v) is 2.35. The zero-order valence-electron chi connectivity index (χ0n) is 8.38. The minimum Gasteiger partial charge on any atom is -0.246 e. The summed E-state index contributed by atoms with van der Waals surface area (Å²) >= 11 is 9.43. The van der Waals surface area contributed by atoms with Crippen LogP contribution in [-0.2, 0) is 6.67 Å². The summed E-state index contributed by atoms with van der Waals surface area (Å²) in [6, 6.07) is 13.1. The van der Waals surface area contributed by atoms with E-state index in [4.69, 9.17) is 11.6 Å². The van der Waals surface area contributed by atoms with E-state index in [-0.39, 0.29) is 0 Å². The molecule has 0 aliphatic carbocycles. The summed E-state index contributed by atoms with van der Waals surface area (Å²) in [5.41, 5.74) is 2.33. The third-order valence-corrected chi connectivity index (χ3v) is 3.46. The first-order valence-corrected chi connectivity index (χ1v) is 5.99. The maximum atomic E-state index is 13.0. The van der Waals surface area contributed by atoms with Gasteiger partial charge >= 0.3 is 0 Å². The van der Waals surface area contributed by atoms with Crippen molar-refractivity contribution in [1.82, 2.24) is 0 Å². The minimum absolute atomic E-state index is 0.468. The van der Waals surface area contributed by atoms with E-state index in [0.29, 0.717) is 10.6 Å². The molecule has 3 heteroatoms. The van der Waals surface area contributed by atoms with Crippen molar-refractivity contribution in [3.8, 4) is 11.1 Å². The number of rotatable bonds is 2. The molecule has 0 amide bonds. The topological polar surface area (TPSA) is 0 Å². The first-order chi connectivity index (χ1) is 7.74. The summed E-state index contributed by atoms with van der Waals surface area (Å²) in [5, 5.41) is 0.468. The van der Waals surface area contributed by atoms with Crippen molar-refractivity contribution in [1.29, 1.82) is 0 Å². The normalized spacial score (nSPS) is 10.4. The lowest BCUT2D eigenvalue weighted by molar-refractivity contribution is 0.486. The smallest absolute Gasteiger partial charge is 0.117 e. The highest BCUT2D eigenvalue weighted by Crippen LogP contribution is 2.34. The molecule has 0 bridgehead atoms. The van der Waals surface area contributed by atoms with Crippen molar-refractivity contribution in [2.75, 3.05) is 0 Å². The molecule has 0 atom stereocenters. The lowest BCUT2D eigenvalue weighted by Crippen LogP contribution is -1.89. The molecule has 0 spiro atoms. The van der Waals surface area contributed by atoms with Crippen LogP contribution in [0.5, 0.6) is 0 Å². The Morgan fingerprint density at radius 3 is 2.38 bits per heavy atom. The quantitative estimate of drug-likeness (QED) is 0.711. The van der Waals surface area contributed by atoms with E-state index in [2.05, 4.69) is 15.9 Å². The maximum absolute atomic E-state index is 13.0. The molecule has 0 saturated heterocycles. The number of alkyl halides is 1. The molecule has 0 radical (unpaired) electrons. The van der Waals surface area contributed by atoms with Crippen LogP contribution < -0.4 is 0 Å². The molecule has 82 valence electrons. The molecule has 2 rings (SSSR count). The van der Waals surface area contributed by atoms with Crippen LogP contribution in [0.25, 0.3) is 11.1 Å². The monoisotopic (exact) mass is 298 g/mol. The van der Waals surface area contributed by atoms with Crippen LogP contribution in [0.3, 0.4) is 0 Å². The minimum atomic E-state index is -0.559. The van der Waals surface area contributed by atoms with Gasteiger partial charge in [0.05, 0.1) is 0 Å². The van der Waals surface area contributed by atoms with Gasteiger partial charge in [0.2, 0.25) is 0 Å². The second kappa shape index (κ2) is 4.98. The van der Waals surface area contributed by atoms with Crippen molar-refractivity contribution >= 4 is 27.5 Å². The molecule has 0 heterocycles. The van der Waals surface area contributed by atoms with Gasteiger partial charge in [-0.05, 0) is 23.3 Å². The summed E-state index contributed by atoms with van der Waals surface area (Å²) in [6.07, 6.45) is 0. The highest BCUT2D eigenvalue weighted by Gasteiger charge is 2.10. The fraction of sp³-hybridized carbons (Fsp3) is 0.0769. The predicted molar refractivity (Wildman–Crippen MR) is 69.4 cm³/mol. The summed E-state index contributed by atoms with van der Waals surface area (Å²) in [5.74, 6) is 0. The average molecular weight is 300 g/mol. The zero-order chi connectivity index (χ0) is 11.5. The summed E-state index contributed by atoms with van der Waals surface area (Å²) < 4.78 is 13.9. The van der Waals surface area contributed by atoms with E-state index in [1.54, 1.807) is 6.07 Å². The molecule has 2 aromatic carbocycles. The van der Waals surface area contributed by atoms with Crippen molar-refractivity contribution in [3.05, 3.63) is 57.5 Å². The highest BCUT2D eigenvalue weighted by molar-refractivity contribution is 9.10. The Kier molecular flexibility index (Phi) is 3.62. The molecular formula is C13H9BrClF. The molecule has 0 unspecified atom stereocenters. The van der Waals surface area contributed by atoms with Gasteiger partial charge < -0.3 is 0 Å². The third kappa shape index (κ3) is 2.13. The van der Waals surface area contributed by atoms with E-state index < -0.39 is 6.67 Å². The average Bonchev–Trinajstić information content (AvgIpc) is 2.29. The fourth-order valence-electron chi connectivity index (χ4n) is 1.63. The van der Waals surface area contributed by atoms with Crippen molar-refractivity contribution in [2.24, 2.45) is 0 Å². The van der Waals surface area contributed by atoms with E-state index in [1.165, 1.54) is 0 Å². The Balaban J connectivity index is 2.65. The van der Waals surface area contributed by atoms with Gasteiger partial charge in [-0.2, -0.15) is 0 Å². The second-order valence-electron chi connectivity index (χ2n) is 3.38. The van der Waals surface area contributed by atoms with E-state index in [9.17, 15) is 4.39 Å². The summed E-state index contributed by atoms with van der Waals surface area (Å²) in [4.78, 5) is 0. The Hall–Kier alpha value is -0.860. The molecular weight excluding hydrogens is 290 g/mol. The van der Waals surface area contributed by atoms with Gasteiger partial charge in [0.25, 0.3) is 0 Å². The second-order valence-corrected chi connectivity index (χ2v) is 4.64. The van der Waals surface area contributed by atoms with Gasteiger partial charge in [-0.15, -0.1) is 0 Å². The zero-order valence-corrected chi connectivity index (χ0v) is 10.7. The van der Waals surface area contributed by atoms with E-state index >= 15 is 0 Å². The molecule has 16 heavy (non-hydrogen) atoms. The van der Waals surface area contributed by atoms with Gasteiger partial charge in [-0.1, -0.05) is 57.9 Å². The largest absolute Gasteiger partial charge is 0.246 e. The van der Waals surface area contributed by atoms with Crippen LogP contribution >= 0.6 is 27.5 Å². The first kappa shape index (κ1) is 11.6. The Morgan fingerprint density at radius 1 is 1.00 bits per heavy atom. The van der Waals surface area contributed by atoms with Crippen LogP contribution in [0.1, 0.15) is 5.56 Å². The van der Waals surface area contributed by atoms with Crippen LogP contribution in [-0.4, -0.2) is 0 Å². The van der Waals surface area contributed by atoms with Gasteiger partial charge in [0.1, 0.15) is 6.67 Å². The Morgan fingerprint density at radius 2 is 1.69 bits per heavy atom. The third-order valence-electron chi connectivity index (χ3n) is 2.42. The molecule has 0 aromatic heterocycles. The van der Waals surface area contributed by atoms with E-state index in [1.807, 2.05) is 36.4 Å². The standard InChI is InChI=1S/C13H9BrClF/c14-12-6-2-1-4-10(12)9-5-3-7-13(15)11(9)8-16/h1-7H,8H2. The first-order valence-electron chi connectivity index (χ1n) is 4.82. The lowest BCUT2D eigenvalue weighted by atomic mass is 10.0. The van der Waals surface area contributed by atoms with Crippen LogP contribution in [0.2, 0.25) is 5.02 Å². The van der Waals surface area contributed by atoms with Gasteiger partial charge in [-0.3, -0.25) is 0 Å². The number of benzene rings is 2. The predicted octanol–water partition coefficient (Wildman–Crippen LogP) is 5.24. The lowest BCUT2D eigenvalue weighted by Gasteiger charge is -2.10. The van der Waals surface area contributed by atoms with Crippen LogP contribution in [0, 0.1) is 0 Å². The Bertz CT molecular complexity index is 511. The molecule has 0 fully saturated rings. The SMILES string of the molecule is FCc1c(Cl)cccc1-c1ccccc1Br. The molecule has 0 nitrogen and oxygen atoms in total. The highest BCUT2D eigenvalue weighted by atomic mass is 79.9. The molecule has 2 aromatic rings. The molecule has 0 aliphatic heterocycles. The van der Waals surface area contributed by atoms with Crippen molar-refractivity contribution in [2.45, 2.75) is 6.67 Å². The van der Waals surface area contributed by atoms with E-state index in [0.717, 1.165) is 15.6 Å². The summed E-state index contributed by atoms with van der Waals surface area (Å²) in [7, 11) is 0. The van der Waals surface area contributed by atoms with Gasteiger partial charge in [0.15, 0.2) is 0 Å². The number of hydrogen-bond donors (Lipinski definition) is 0. The molecule has 0 N–H and O–H groups in total. The number of hydrogen-bond acceptors (Lipinski definition) is 0. The van der Waals surface area contributed by atoms with Crippen molar-refractivity contribution < 1.29 is 4.39 Å². The van der Waals surface area contributed by atoms with Crippen molar-refractivity contribution in [3.63, 3.8) is 0 Å². The van der Waals surface area contributed by atoms with Gasteiger partial charge in [-0.25, -0.2) is 4.39 Å². The molecule has 0 saturated carbocycles.